The van der Waals surface area contributed by atoms with Crippen molar-refractivity contribution >= 4 is 36.6 Å². The summed E-state index contributed by atoms with van der Waals surface area (Å²) in [4.78, 5) is 14.5. The molecule has 1 atom stereocenters. The summed E-state index contributed by atoms with van der Waals surface area (Å²) < 4.78 is 0. The zero-order chi connectivity index (χ0) is 11.0. The number of rotatable bonds is 6. The summed E-state index contributed by atoms with van der Waals surface area (Å²) in [7, 11) is 0. The summed E-state index contributed by atoms with van der Waals surface area (Å²) in [6.45, 7) is 2.05. The van der Waals surface area contributed by atoms with E-state index in [4.69, 9.17) is 16.0 Å². The van der Waals surface area contributed by atoms with E-state index in [9.17, 15) is 4.79 Å². The van der Waals surface area contributed by atoms with Gasteiger partial charge in [-0.2, -0.15) is 0 Å². The lowest BCUT2D eigenvalue weighted by Gasteiger charge is -2.08. The molecule has 0 aromatic heterocycles. The number of halogens is 2. The predicted molar refractivity (Wildman–Crippen MR) is 66.9 cm³/mol. The first-order valence-electron chi connectivity index (χ1n) is 4.49. The molecule has 16 heavy (non-hydrogen) atoms. The lowest BCUT2D eigenvalue weighted by Crippen LogP contribution is -2.24. The molecule has 0 spiro atoms. The van der Waals surface area contributed by atoms with Crippen LogP contribution in [0.5, 0.6) is 0 Å². The minimum atomic E-state index is -0.989. The summed E-state index contributed by atoms with van der Waals surface area (Å²) in [5.41, 5.74) is 7.09. The van der Waals surface area contributed by atoms with Gasteiger partial charge in [0.2, 0.25) is 0 Å². The summed E-state index contributed by atoms with van der Waals surface area (Å²) in [5, 5.41) is 17.2. The quantitative estimate of drug-likeness (QED) is 0.248. The molecular weight excluding hydrogens is 257 g/mol. The van der Waals surface area contributed by atoms with Crippen LogP contribution in [0.4, 0.5) is 0 Å². The maximum absolute atomic E-state index is 10.7. The molecule has 0 aliphatic rings. The third-order valence-corrected chi connectivity index (χ3v) is 1.73. The molecule has 0 radical (unpaired) electrons. The molecule has 5 N–H and O–H groups in total. The molecule has 0 aromatic carbocycles. The maximum atomic E-state index is 10.7. The molecule has 1 unspecified atom stereocenters. The Balaban J connectivity index is -0.000000845. The molecule has 8 heteroatoms. The van der Waals surface area contributed by atoms with Crippen LogP contribution in [0.25, 0.3) is 0 Å². The van der Waals surface area contributed by atoms with E-state index < -0.39 is 12.0 Å². The highest BCUT2D eigenvalue weighted by Gasteiger charge is 2.15. The van der Waals surface area contributed by atoms with Gasteiger partial charge in [0.1, 0.15) is 11.9 Å². The first-order valence-corrected chi connectivity index (χ1v) is 4.49. The Morgan fingerprint density at radius 2 is 2.00 bits per heavy atom. The number of nitrogens with two attached hydrogens (primary N) is 1. The molecule has 0 aliphatic carbocycles. The highest BCUT2D eigenvalue weighted by Crippen LogP contribution is 2.04. The van der Waals surface area contributed by atoms with E-state index >= 15 is 0 Å². The number of hydroxylamine groups is 1. The minimum Gasteiger partial charge on any atom is -0.480 e. The van der Waals surface area contributed by atoms with Crippen LogP contribution < -0.4 is 11.2 Å². The monoisotopic (exact) mass is 275 g/mol. The fraction of sp³-hybridized carbons (Fsp3) is 0.750. The van der Waals surface area contributed by atoms with Crippen LogP contribution in [0.1, 0.15) is 26.2 Å². The van der Waals surface area contributed by atoms with Crippen molar-refractivity contribution < 1.29 is 15.1 Å². The number of amidine groups is 1. The van der Waals surface area contributed by atoms with Crippen molar-refractivity contribution in [3.8, 4) is 0 Å². The van der Waals surface area contributed by atoms with Crippen molar-refractivity contribution in [2.24, 2.45) is 10.7 Å². The van der Waals surface area contributed by atoms with Crippen molar-refractivity contribution in [2.45, 2.75) is 32.2 Å². The normalized spacial score (nSPS) is 12.1. The molecule has 0 aliphatic heterocycles. The van der Waals surface area contributed by atoms with E-state index in [0.29, 0.717) is 13.0 Å². The average Bonchev–Trinajstić information content (AvgIpc) is 2.16. The van der Waals surface area contributed by atoms with Crippen LogP contribution >= 0.6 is 24.8 Å². The number of hydrogen-bond donors (Lipinski definition) is 4. The van der Waals surface area contributed by atoms with E-state index in [1.165, 1.54) is 6.92 Å². The molecule has 0 saturated heterocycles. The van der Waals surface area contributed by atoms with Gasteiger partial charge >= 0.3 is 5.97 Å². The molecule has 0 rings (SSSR count). The summed E-state index contributed by atoms with van der Waals surface area (Å²) >= 11 is 0. The molecule has 0 fully saturated rings. The van der Waals surface area contributed by atoms with Crippen LogP contribution in [0, 0.1) is 0 Å². The Kier molecular flexibility index (Phi) is 16.3. The molecule has 0 amide bonds. The molecule has 6 nitrogen and oxygen atoms in total. The predicted octanol–water partition coefficient (Wildman–Crippen LogP) is 0.809. The van der Waals surface area contributed by atoms with Crippen LogP contribution in [0.2, 0.25) is 0 Å². The van der Waals surface area contributed by atoms with E-state index in [2.05, 4.69) is 4.99 Å². The van der Waals surface area contributed by atoms with Gasteiger partial charge in [-0.25, -0.2) is 4.79 Å². The summed E-state index contributed by atoms with van der Waals surface area (Å²) in [6, 6.07) is -0.804. The van der Waals surface area contributed by atoms with Crippen LogP contribution in [0.15, 0.2) is 4.99 Å². The largest absolute Gasteiger partial charge is 0.480 e. The Hall–Kier alpha value is -0.560. The molecule has 0 aromatic rings. The molecular formula is C8H19Cl2N3O3. The molecule has 98 valence electrons. The Morgan fingerprint density at radius 1 is 1.44 bits per heavy atom. The van der Waals surface area contributed by atoms with Crippen LogP contribution in [-0.2, 0) is 4.79 Å². The number of aliphatic carboxylic acids is 1. The van der Waals surface area contributed by atoms with Gasteiger partial charge in [0.15, 0.2) is 0 Å². The summed E-state index contributed by atoms with van der Waals surface area (Å²) in [5.74, 6) is -0.790. The van der Waals surface area contributed by atoms with Crippen LogP contribution in [0.3, 0.4) is 0 Å². The van der Waals surface area contributed by atoms with Crippen molar-refractivity contribution in [3.63, 3.8) is 0 Å². The highest BCUT2D eigenvalue weighted by atomic mass is 35.5. The van der Waals surface area contributed by atoms with Crippen molar-refractivity contribution in [2.75, 3.05) is 6.54 Å². The third kappa shape index (κ3) is 9.97. The second-order valence-corrected chi connectivity index (χ2v) is 2.96. The lowest BCUT2D eigenvalue weighted by atomic mass is 10.1. The standard InChI is InChI=1S/C8H17N3O3.2ClH/c1-6(11-14)10-7(8(12)13)4-2-3-5-9;;/h7,14H,2-5,9H2,1H3,(H,10,11)(H,12,13);2*1H. The third-order valence-electron chi connectivity index (χ3n) is 1.73. The molecule has 0 saturated carbocycles. The maximum Gasteiger partial charge on any atom is 0.328 e. The number of carboxylic acid groups (broad SMARTS) is 1. The Labute approximate surface area is 107 Å². The second kappa shape index (κ2) is 12.5. The molecule has 0 bridgehead atoms. The average molecular weight is 276 g/mol. The van der Waals surface area contributed by atoms with E-state index in [1.807, 2.05) is 0 Å². The van der Waals surface area contributed by atoms with Crippen molar-refractivity contribution in [3.05, 3.63) is 0 Å². The fourth-order valence-corrected chi connectivity index (χ4v) is 0.988. The smallest absolute Gasteiger partial charge is 0.328 e. The second-order valence-electron chi connectivity index (χ2n) is 2.96. The van der Waals surface area contributed by atoms with Gasteiger partial charge in [-0.15, -0.1) is 24.8 Å². The zero-order valence-electron chi connectivity index (χ0n) is 9.05. The number of aliphatic imine (C=N–C) groups is 1. The Morgan fingerprint density at radius 3 is 2.38 bits per heavy atom. The molecule has 0 heterocycles. The minimum absolute atomic E-state index is 0. The van der Waals surface area contributed by atoms with E-state index in [1.54, 1.807) is 5.48 Å². The number of hydrogen-bond acceptors (Lipinski definition) is 4. The topological polar surface area (TPSA) is 108 Å². The lowest BCUT2D eigenvalue weighted by molar-refractivity contribution is -0.138. The van der Waals surface area contributed by atoms with E-state index in [0.717, 1.165) is 12.8 Å². The first-order chi connectivity index (χ1) is 6.61. The SMILES string of the molecule is CC(=NC(CCCCN)C(=O)O)NO.Cl.Cl. The number of nitrogens with zero attached hydrogens (tertiary/aromatic N) is 1. The highest BCUT2D eigenvalue weighted by molar-refractivity contribution is 5.85. The van der Waals surface area contributed by atoms with Gasteiger partial charge in [0.25, 0.3) is 0 Å². The fourth-order valence-electron chi connectivity index (χ4n) is 0.988. The van der Waals surface area contributed by atoms with E-state index in [-0.39, 0.29) is 30.6 Å². The van der Waals surface area contributed by atoms with Gasteiger partial charge in [-0.3, -0.25) is 15.7 Å². The number of nitrogens with one attached hydrogen (secondary N) is 1. The first kappa shape index (κ1) is 20.8. The van der Waals surface area contributed by atoms with Crippen molar-refractivity contribution in [1.82, 2.24) is 5.48 Å². The Bertz CT molecular complexity index is 215. The number of unbranched alkanes of at least 4 members (excludes halogenated alkanes) is 1. The van der Waals surface area contributed by atoms with Gasteiger partial charge in [0, 0.05) is 0 Å². The van der Waals surface area contributed by atoms with Gasteiger partial charge in [-0.1, -0.05) is 0 Å². The number of carbonyl (C=O) groups is 1. The van der Waals surface area contributed by atoms with Crippen molar-refractivity contribution in [1.29, 1.82) is 0 Å². The summed E-state index contributed by atoms with van der Waals surface area (Å²) in [6.07, 6.45) is 1.94. The van der Waals surface area contributed by atoms with Crippen LogP contribution in [-0.4, -0.2) is 34.7 Å². The zero-order valence-corrected chi connectivity index (χ0v) is 10.7. The van der Waals surface area contributed by atoms with Gasteiger partial charge in [-0.05, 0) is 32.7 Å². The number of carboxylic acids is 1. The van der Waals surface area contributed by atoms with Gasteiger partial charge < -0.3 is 10.8 Å². The van der Waals surface area contributed by atoms with Gasteiger partial charge in [0.05, 0.1) is 0 Å².